The van der Waals surface area contributed by atoms with E-state index in [0.717, 1.165) is 5.69 Å². The van der Waals surface area contributed by atoms with E-state index in [1.807, 2.05) is 45.2 Å². The molecule has 0 saturated heterocycles. The average molecular weight is 235 g/mol. The lowest BCUT2D eigenvalue weighted by atomic mass is 10.1. The number of amides is 2. The smallest absolute Gasteiger partial charge is 0.319 e. The number of urea groups is 1. The summed E-state index contributed by atoms with van der Waals surface area (Å²) in [5.41, 5.74) is 2.00. The highest BCUT2D eigenvalue weighted by Crippen LogP contribution is 2.15. The van der Waals surface area contributed by atoms with Gasteiger partial charge in [0.1, 0.15) is 0 Å². The Kier molecular flexibility index (Phi) is 4.97. The molecule has 1 unspecified atom stereocenters. The second-order valence-electron chi connectivity index (χ2n) is 4.39. The maximum absolute atomic E-state index is 11.5. The van der Waals surface area contributed by atoms with Gasteiger partial charge in [0.05, 0.1) is 0 Å². The van der Waals surface area contributed by atoms with E-state index in [1.165, 1.54) is 5.56 Å². The highest BCUT2D eigenvalue weighted by molar-refractivity contribution is 5.89. The zero-order valence-corrected chi connectivity index (χ0v) is 10.9. The summed E-state index contributed by atoms with van der Waals surface area (Å²) in [6, 6.07) is 8.10. The fourth-order valence-corrected chi connectivity index (χ4v) is 1.45. The van der Waals surface area contributed by atoms with Crippen LogP contribution in [0.5, 0.6) is 0 Å². The molecule has 4 heteroatoms. The molecule has 0 saturated carbocycles. The highest BCUT2D eigenvalue weighted by Gasteiger charge is 2.05. The van der Waals surface area contributed by atoms with Gasteiger partial charge >= 0.3 is 6.03 Å². The topological polar surface area (TPSA) is 53.2 Å². The third-order valence-corrected chi connectivity index (χ3v) is 2.52. The van der Waals surface area contributed by atoms with E-state index in [2.05, 4.69) is 22.9 Å². The maximum Gasteiger partial charge on any atom is 0.319 e. The van der Waals surface area contributed by atoms with Gasteiger partial charge in [-0.15, -0.1) is 0 Å². The minimum absolute atomic E-state index is 0.138. The molecule has 1 aromatic carbocycles. The Morgan fingerprint density at radius 2 is 1.71 bits per heavy atom. The molecule has 0 radical (unpaired) electrons. The number of carbonyl (C=O) groups is 1. The molecule has 0 spiro atoms. The largest absolute Gasteiger partial charge is 0.336 e. The van der Waals surface area contributed by atoms with Gasteiger partial charge in [0.2, 0.25) is 0 Å². The van der Waals surface area contributed by atoms with Gasteiger partial charge in [-0.2, -0.15) is 0 Å². The lowest BCUT2D eigenvalue weighted by Crippen LogP contribution is -2.34. The van der Waals surface area contributed by atoms with Gasteiger partial charge in [-0.25, -0.2) is 4.79 Å². The summed E-state index contributed by atoms with van der Waals surface area (Å²) in [5, 5.41) is 8.73. The van der Waals surface area contributed by atoms with Crippen molar-refractivity contribution in [3.05, 3.63) is 29.8 Å². The molecular formula is C13H21N3O. The number of anilines is 1. The van der Waals surface area contributed by atoms with Crippen LogP contribution in [0.25, 0.3) is 0 Å². The van der Waals surface area contributed by atoms with Crippen LogP contribution in [-0.4, -0.2) is 19.1 Å². The Morgan fingerprint density at radius 3 is 2.18 bits per heavy atom. The molecule has 1 aromatic rings. The molecule has 0 aliphatic rings. The van der Waals surface area contributed by atoms with Gasteiger partial charge in [0.25, 0.3) is 0 Å². The lowest BCUT2D eigenvalue weighted by Gasteiger charge is -2.13. The molecule has 1 rings (SSSR count). The zero-order chi connectivity index (χ0) is 12.8. The highest BCUT2D eigenvalue weighted by atomic mass is 16.2. The lowest BCUT2D eigenvalue weighted by molar-refractivity contribution is 0.250. The monoisotopic (exact) mass is 235 g/mol. The SMILES string of the molecule is CNC(C)c1ccc(NC(=O)NC(C)C)cc1. The van der Waals surface area contributed by atoms with Crippen molar-refractivity contribution in [2.45, 2.75) is 32.9 Å². The third-order valence-electron chi connectivity index (χ3n) is 2.52. The molecule has 2 amide bonds. The fraction of sp³-hybridized carbons (Fsp3) is 0.462. The number of hydrogen-bond donors (Lipinski definition) is 3. The quantitative estimate of drug-likeness (QED) is 0.751. The first kappa shape index (κ1) is 13.5. The molecule has 17 heavy (non-hydrogen) atoms. The summed E-state index contributed by atoms with van der Waals surface area (Å²) in [6.45, 7) is 5.95. The number of carbonyl (C=O) groups excluding carboxylic acids is 1. The van der Waals surface area contributed by atoms with Crippen LogP contribution in [0, 0.1) is 0 Å². The van der Waals surface area contributed by atoms with Gasteiger partial charge in [0.15, 0.2) is 0 Å². The molecule has 0 fully saturated rings. The molecule has 0 aliphatic heterocycles. The Hall–Kier alpha value is -1.55. The van der Waals surface area contributed by atoms with Crippen molar-refractivity contribution in [2.75, 3.05) is 12.4 Å². The van der Waals surface area contributed by atoms with Crippen LogP contribution in [0.1, 0.15) is 32.4 Å². The van der Waals surface area contributed by atoms with Crippen molar-refractivity contribution in [1.82, 2.24) is 10.6 Å². The molecule has 0 aromatic heterocycles. The van der Waals surface area contributed by atoms with Crippen LogP contribution in [0.4, 0.5) is 10.5 Å². The predicted octanol–water partition coefficient (Wildman–Crippen LogP) is 2.50. The van der Waals surface area contributed by atoms with E-state index in [0.29, 0.717) is 6.04 Å². The maximum atomic E-state index is 11.5. The van der Waals surface area contributed by atoms with Gasteiger partial charge in [-0.1, -0.05) is 12.1 Å². The second kappa shape index (κ2) is 6.25. The standard InChI is InChI=1S/C13H21N3O/c1-9(2)15-13(17)16-12-7-5-11(6-8-12)10(3)14-4/h5-10,14H,1-4H3,(H2,15,16,17). The van der Waals surface area contributed by atoms with Gasteiger partial charge in [0, 0.05) is 17.8 Å². The molecule has 3 N–H and O–H groups in total. The van der Waals surface area contributed by atoms with Crippen LogP contribution in [0.3, 0.4) is 0 Å². The fourth-order valence-electron chi connectivity index (χ4n) is 1.45. The average Bonchev–Trinajstić information content (AvgIpc) is 2.28. The second-order valence-corrected chi connectivity index (χ2v) is 4.39. The number of benzene rings is 1. The predicted molar refractivity (Wildman–Crippen MR) is 71.2 cm³/mol. The summed E-state index contributed by atoms with van der Waals surface area (Å²) in [5.74, 6) is 0. The van der Waals surface area contributed by atoms with Crippen molar-refractivity contribution >= 4 is 11.7 Å². The van der Waals surface area contributed by atoms with Crippen molar-refractivity contribution < 1.29 is 4.79 Å². The van der Waals surface area contributed by atoms with E-state index in [1.54, 1.807) is 0 Å². The zero-order valence-electron chi connectivity index (χ0n) is 10.9. The number of hydrogen-bond acceptors (Lipinski definition) is 2. The van der Waals surface area contributed by atoms with E-state index in [9.17, 15) is 4.79 Å². The molecule has 0 heterocycles. The molecule has 1 atom stereocenters. The minimum Gasteiger partial charge on any atom is -0.336 e. The molecule has 4 nitrogen and oxygen atoms in total. The van der Waals surface area contributed by atoms with Crippen molar-refractivity contribution in [3.8, 4) is 0 Å². The van der Waals surface area contributed by atoms with E-state index < -0.39 is 0 Å². The van der Waals surface area contributed by atoms with E-state index >= 15 is 0 Å². The summed E-state index contributed by atoms with van der Waals surface area (Å²) < 4.78 is 0. The van der Waals surface area contributed by atoms with Crippen LogP contribution < -0.4 is 16.0 Å². The third kappa shape index (κ3) is 4.44. The summed E-state index contributed by atoms with van der Waals surface area (Å²) >= 11 is 0. The Morgan fingerprint density at radius 1 is 1.12 bits per heavy atom. The first-order valence-electron chi connectivity index (χ1n) is 5.87. The van der Waals surface area contributed by atoms with Gasteiger partial charge in [-0.3, -0.25) is 0 Å². The van der Waals surface area contributed by atoms with Crippen LogP contribution >= 0.6 is 0 Å². The first-order valence-corrected chi connectivity index (χ1v) is 5.87. The minimum atomic E-state index is -0.172. The number of rotatable bonds is 4. The molecule has 0 aliphatic carbocycles. The number of nitrogens with one attached hydrogen (secondary N) is 3. The van der Waals surface area contributed by atoms with Crippen LogP contribution in [0.2, 0.25) is 0 Å². The van der Waals surface area contributed by atoms with Crippen molar-refractivity contribution in [3.63, 3.8) is 0 Å². The van der Waals surface area contributed by atoms with E-state index in [-0.39, 0.29) is 12.1 Å². The van der Waals surface area contributed by atoms with Crippen molar-refractivity contribution in [1.29, 1.82) is 0 Å². The normalized spacial score (nSPS) is 12.3. The Bertz CT molecular complexity index is 359. The van der Waals surface area contributed by atoms with Crippen LogP contribution in [-0.2, 0) is 0 Å². The van der Waals surface area contributed by atoms with Gasteiger partial charge in [-0.05, 0) is 45.5 Å². The summed E-state index contributed by atoms with van der Waals surface area (Å²) in [7, 11) is 1.92. The summed E-state index contributed by atoms with van der Waals surface area (Å²) in [6.07, 6.45) is 0. The van der Waals surface area contributed by atoms with Crippen LogP contribution in [0.15, 0.2) is 24.3 Å². The van der Waals surface area contributed by atoms with E-state index in [4.69, 9.17) is 0 Å². The Balaban J connectivity index is 2.59. The van der Waals surface area contributed by atoms with Gasteiger partial charge < -0.3 is 16.0 Å². The first-order chi connectivity index (χ1) is 8.02. The molecule has 0 bridgehead atoms. The molecular weight excluding hydrogens is 214 g/mol. The molecule has 94 valence electrons. The van der Waals surface area contributed by atoms with Crippen molar-refractivity contribution in [2.24, 2.45) is 0 Å². The Labute approximate surface area is 103 Å². The summed E-state index contributed by atoms with van der Waals surface area (Å²) in [4.78, 5) is 11.5.